The fourth-order valence-corrected chi connectivity index (χ4v) is 10.3. The number of benzene rings is 2. The van der Waals surface area contributed by atoms with Gasteiger partial charge in [0.25, 0.3) is 17.7 Å². The zero-order valence-corrected chi connectivity index (χ0v) is 35.0. The number of likely N-dealkylation sites (N-methyl/N-ethyl adjacent to an activating group) is 1. The topological polar surface area (TPSA) is 186 Å². The van der Waals surface area contributed by atoms with Crippen LogP contribution in [0.5, 0.6) is 0 Å². The third-order valence-electron chi connectivity index (χ3n) is 14.0. The lowest BCUT2D eigenvalue weighted by Gasteiger charge is -2.40. The molecule has 0 radical (unpaired) electrons. The number of anilines is 2. The number of amides is 7. The summed E-state index contributed by atoms with van der Waals surface area (Å²) in [6, 6.07) is 13.2. The third kappa shape index (κ3) is 7.81. The van der Waals surface area contributed by atoms with E-state index in [0.29, 0.717) is 41.5 Å². The van der Waals surface area contributed by atoms with E-state index in [0.717, 1.165) is 101 Å². The second-order valence-corrected chi connectivity index (χ2v) is 18.0. The minimum Gasteiger partial charge on any atom is -0.371 e. The number of carbonyl (C=O) groups is 6. The summed E-state index contributed by atoms with van der Waals surface area (Å²) in [5, 5.41) is 2.25. The van der Waals surface area contributed by atoms with Crippen LogP contribution in [0.1, 0.15) is 99.9 Å². The second-order valence-electron chi connectivity index (χ2n) is 18.0. The smallest absolute Gasteiger partial charge is 0.320 e. The monoisotopic (exact) mass is 830 g/mol. The van der Waals surface area contributed by atoms with E-state index in [4.69, 9.17) is 10.7 Å². The first-order valence-corrected chi connectivity index (χ1v) is 21.7. The van der Waals surface area contributed by atoms with Gasteiger partial charge in [0, 0.05) is 71.4 Å². The third-order valence-corrected chi connectivity index (χ3v) is 14.0. The van der Waals surface area contributed by atoms with Crippen molar-refractivity contribution in [2.24, 2.45) is 11.7 Å². The highest BCUT2D eigenvalue weighted by atomic mass is 16.2. The number of piperidine rings is 3. The molecule has 7 heterocycles. The molecule has 6 aliphatic heterocycles. The van der Waals surface area contributed by atoms with E-state index >= 15 is 0 Å². The molecule has 1 unspecified atom stereocenters. The largest absolute Gasteiger partial charge is 0.371 e. The zero-order valence-electron chi connectivity index (χ0n) is 35.0. The van der Waals surface area contributed by atoms with Gasteiger partial charge in [-0.05, 0) is 92.3 Å². The van der Waals surface area contributed by atoms with Crippen LogP contribution in [0.25, 0.3) is 0 Å². The second kappa shape index (κ2) is 16.2. The Hall–Kier alpha value is -5.90. The SMILES string of the molecule is CN1CCN([C@@H]2CCCN(c3cnc(C(N)=O)c(Cc4ccc(C5(C)CCN(C[C@H]6CCN(c7ccc8c(c7)C(=O)N(C7CCC(=O)NC7=O)C8=O)C6)CC5)cc4)n3)C2)C1=O. The molecule has 5 saturated heterocycles. The number of aromatic nitrogens is 2. The molecular weight excluding hydrogens is 777 g/mol. The number of carbonyl (C=O) groups excluding carboxylic acids is 6. The van der Waals surface area contributed by atoms with E-state index in [9.17, 15) is 28.8 Å². The van der Waals surface area contributed by atoms with Gasteiger partial charge in [0.05, 0.1) is 29.1 Å². The molecule has 3 atom stereocenters. The summed E-state index contributed by atoms with van der Waals surface area (Å²) in [5.41, 5.74) is 10.4. The summed E-state index contributed by atoms with van der Waals surface area (Å²) in [7, 11) is 1.84. The Morgan fingerprint density at radius 1 is 0.869 bits per heavy atom. The highest BCUT2D eigenvalue weighted by Gasteiger charge is 2.45. The van der Waals surface area contributed by atoms with Crippen LogP contribution in [0.3, 0.4) is 0 Å². The van der Waals surface area contributed by atoms with Crippen molar-refractivity contribution in [1.29, 1.82) is 0 Å². The average molecular weight is 831 g/mol. The molecule has 0 spiro atoms. The standard InChI is InChI=1S/C45H54N10O6/c1-45(30-7-5-28(6-8-30)22-35-39(40(46)57)47-24-37(48-35)53-16-3-4-32(27-53)54-21-20-50(2)44(54)61)14-18-51(19-15-45)25-29-13-17-52(26-29)31-9-10-33-34(23-31)43(60)55(42(33)59)36-11-12-38(56)49-41(36)58/h5-10,23-24,29,32,36H,3-4,11-22,25-27H2,1-2H3,(H2,46,57)(H,49,56,58)/t29-,32-,36?/m1/s1. The van der Waals surface area contributed by atoms with Crippen molar-refractivity contribution < 1.29 is 28.8 Å². The molecule has 1 aromatic heterocycles. The predicted octanol–water partition coefficient (Wildman–Crippen LogP) is 2.78. The van der Waals surface area contributed by atoms with Crippen LogP contribution in [0, 0.1) is 5.92 Å². The van der Waals surface area contributed by atoms with Gasteiger partial charge in [-0.15, -0.1) is 0 Å². The lowest BCUT2D eigenvalue weighted by Crippen LogP contribution is -2.54. The number of rotatable bonds is 10. The molecule has 9 rings (SSSR count). The minimum atomic E-state index is -0.977. The molecule has 16 nitrogen and oxygen atoms in total. The fraction of sp³-hybridized carbons (Fsp3) is 0.511. The van der Waals surface area contributed by atoms with Crippen LogP contribution in [0.2, 0.25) is 0 Å². The molecule has 61 heavy (non-hydrogen) atoms. The van der Waals surface area contributed by atoms with Crippen LogP contribution in [-0.2, 0) is 21.4 Å². The number of urea groups is 1. The van der Waals surface area contributed by atoms with Crippen LogP contribution in [0.15, 0.2) is 48.7 Å². The minimum absolute atomic E-state index is 0.0291. The lowest BCUT2D eigenvalue weighted by atomic mass is 9.74. The van der Waals surface area contributed by atoms with Gasteiger partial charge >= 0.3 is 6.03 Å². The molecular formula is C45H54N10O6. The van der Waals surface area contributed by atoms with Crippen molar-refractivity contribution in [2.75, 3.05) is 75.8 Å². The number of nitrogens with zero attached hydrogens (tertiary/aromatic N) is 8. The Kier molecular flexibility index (Phi) is 10.7. The van der Waals surface area contributed by atoms with Gasteiger partial charge in [0.1, 0.15) is 17.6 Å². The van der Waals surface area contributed by atoms with Crippen molar-refractivity contribution in [3.05, 3.63) is 82.3 Å². The highest BCUT2D eigenvalue weighted by Crippen LogP contribution is 2.37. The number of hydrogen-bond donors (Lipinski definition) is 2. The van der Waals surface area contributed by atoms with Gasteiger partial charge in [0.15, 0.2) is 0 Å². The molecule has 0 aliphatic carbocycles. The molecule has 0 bridgehead atoms. The van der Waals surface area contributed by atoms with E-state index in [2.05, 4.69) is 56.2 Å². The van der Waals surface area contributed by atoms with Crippen LogP contribution in [-0.4, -0.2) is 143 Å². The number of nitrogens with two attached hydrogens (primary N) is 1. The molecule has 5 fully saturated rings. The van der Waals surface area contributed by atoms with E-state index in [1.165, 1.54) is 5.56 Å². The van der Waals surface area contributed by atoms with Gasteiger partial charge in [-0.3, -0.25) is 34.2 Å². The number of likely N-dealkylation sites (tertiary alicyclic amines) is 1. The first kappa shape index (κ1) is 40.5. The van der Waals surface area contributed by atoms with Gasteiger partial charge in [-0.1, -0.05) is 31.2 Å². The quantitative estimate of drug-likeness (QED) is 0.287. The first-order valence-electron chi connectivity index (χ1n) is 21.7. The van der Waals surface area contributed by atoms with Crippen molar-refractivity contribution >= 4 is 47.1 Å². The Balaban J connectivity index is 0.787. The van der Waals surface area contributed by atoms with Crippen molar-refractivity contribution in [3.63, 3.8) is 0 Å². The molecule has 7 amide bonds. The van der Waals surface area contributed by atoms with Crippen LogP contribution in [0.4, 0.5) is 16.3 Å². The number of nitrogens with one attached hydrogen (secondary N) is 1. The molecule has 0 saturated carbocycles. The summed E-state index contributed by atoms with van der Waals surface area (Å²) < 4.78 is 0. The van der Waals surface area contributed by atoms with Crippen LogP contribution < -0.4 is 20.9 Å². The predicted molar refractivity (Wildman–Crippen MR) is 226 cm³/mol. The maximum atomic E-state index is 13.4. The molecule has 16 heteroatoms. The maximum Gasteiger partial charge on any atom is 0.320 e. The van der Waals surface area contributed by atoms with E-state index in [-0.39, 0.29) is 36.0 Å². The maximum absolute atomic E-state index is 13.4. The summed E-state index contributed by atoms with van der Waals surface area (Å²) in [4.78, 5) is 97.1. The van der Waals surface area contributed by atoms with Gasteiger partial charge < -0.3 is 30.2 Å². The van der Waals surface area contributed by atoms with Gasteiger partial charge in [-0.25, -0.2) is 14.8 Å². The van der Waals surface area contributed by atoms with E-state index in [1.54, 1.807) is 23.2 Å². The molecule has 3 N–H and O–H groups in total. The van der Waals surface area contributed by atoms with Gasteiger partial charge in [0.2, 0.25) is 11.8 Å². The Bertz CT molecular complexity index is 2280. The number of imide groups is 2. The fourth-order valence-electron chi connectivity index (χ4n) is 10.3. The Labute approximate surface area is 355 Å². The lowest BCUT2D eigenvalue weighted by molar-refractivity contribution is -0.136. The number of primary amides is 1. The number of fused-ring (bicyclic) bond motifs is 1. The van der Waals surface area contributed by atoms with Gasteiger partial charge in [-0.2, -0.15) is 0 Å². The summed E-state index contributed by atoms with van der Waals surface area (Å²) in [6.07, 6.45) is 7.26. The summed E-state index contributed by atoms with van der Waals surface area (Å²) >= 11 is 0. The van der Waals surface area contributed by atoms with Crippen molar-refractivity contribution in [3.8, 4) is 0 Å². The van der Waals surface area contributed by atoms with Crippen molar-refractivity contribution in [1.82, 2.24) is 34.9 Å². The zero-order chi connectivity index (χ0) is 42.6. The first-order chi connectivity index (χ1) is 29.3. The normalized spacial score (nSPS) is 24.5. The highest BCUT2D eigenvalue weighted by molar-refractivity contribution is 6.23. The van der Waals surface area contributed by atoms with Crippen molar-refractivity contribution in [2.45, 2.75) is 75.8 Å². The molecule has 320 valence electrons. The molecule has 3 aromatic rings. The van der Waals surface area contributed by atoms with Crippen LogP contribution >= 0.6 is 0 Å². The average Bonchev–Trinajstić information content (AvgIpc) is 3.93. The van der Waals surface area contributed by atoms with E-state index in [1.807, 2.05) is 18.0 Å². The van der Waals surface area contributed by atoms with E-state index < -0.39 is 35.6 Å². The molecule has 2 aromatic carbocycles. The molecule has 6 aliphatic rings. The summed E-state index contributed by atoms with van der Waals surface area (Å²) in [5.74, 6) is -1.41. The number of hydrogen-bond acceptors (Lipinski definition) is 11. The Morgan fingerprint density at radius 2 is 1.64 bits per heavy atom. The Morgan fingerprint density at radius 3 is 2.36 bits per heavy atom. The summed E-state index contributed by atoms with van der Waals surface area (Å²) in [6.45, 7) is 9.97.